The summed E-state index contributed by atoms with van der Waals surface area (Å²) in [4.78, 5) is 4.57. The molecule has 8 aromatic rings. The molecule has 0 saturated carbocycles. The van der Waals surface area contributed by atoms with Gasteiger partial charge in [0, 0.05) is 33.5 Å². The van der Waals surface area contributed by atoms with E-state index in [1.807, 2.05) is 12.1 Å². The van der Waals surface area contributed by atoms with Crippen molar-refractivity contribution in [2.75, 3.05) is 9.80 Å². The quantitative estimate of drug-likeness (QED) is 0.196. The summed E-state index contributed by atoms with van der Waals surface area (Å²) < 4.78 is 0. The number of hydrogen-bond acceptors (Lipinski definition) is 3. The van der Waals surface area contributed by atoms with Gasteiger partial charge in [-0.1, -0.05) is 115 Å². The Morgan fingerprint density at radius 3 is 1.13 bits per heavy atom. The Balaban J connectivity index is 1.16. The molecule has 0 radical (unpaired) electrons. The highest BCUT2D eigenvalue weighted by molar-refractivity contribution is 6.00. The number of hydrogen-bond donors (Lipinski definition) is 1. The number of aromatic hydroxyl groups is 1. The van der Waals surface area contributed by atoms with Crippen molar-refractivity contribution in [1.29, 1.82) is 0 Å². The normalized spacial score (nSPS) is 11.1. The standard InChI is InChI=1S/C44H32N2O/c47-40-30-28-39(29-31-40)46(44-19-9-13-35-11-5-7-17-42(35)44)38-26-22-33(23-27-38)32-20-24-37(25-21-32)45(36-14-2-1-3-15-36)43-18-8-12-34-10-4-6-16-41(34)43/h1-31,47H. The molecule has 8 aromatic carbocycles. The fraction of sp³-hybridized carbons (Fsp3) is 0. The molecular weight excluding hydrogens is 572 g/mol. The maximum absolute atomic E-state index is 10.0. The van der Waals surface area contributed by atoms with Gasteiger partial charge in [0.25, 0.3) is 0 Å². The average molecular weight is 605 g/mol. The van der Waals surface area contributed by atoms with Crippen LogP contribution in [-0.2, 0) is 0 Å². The molecule has 224 valence electrons. The van der Waals surface area contributed by atoms with Crippen LogP contribution in [0.3, 0.4) is 0 Å². The molecule has 0 fully saturated rings. The lowest BCUT2D eigenvalue weighted by molar-refractivity contribution is 0.475. The van der Waals surface area contributed by atoms with Crippen molar-refractivity contribution in [3.05, 3.63) is 188 Å². The molecule has 0 aliphatic carbocycles. The molecule has 0 spiro atoms. The average Bonchev–Trinajstić information content (AvgIpc) is 3.14. The van der Waals surface area contributed by atoms with Crippen molar-refractivity contribution in [1.82, 2.24) is 0 Å². The van der Waals surface area contributed by atoms with Crippen LogP contribution in [-0.4, -0.2) is 5.11 Å². The van der Waals surface area contributed by atoms with Crippen LogP contribution in [0.25, 0.3) is 32.7 Å². The molecule has 0 saturated heterocycles. The Morgan fingerprint density at radius 1 is 0.298 bits per heavy atom. The number of rotatable bonds is 7. The number of para-hydroxylation sites is 1. The van der Waals surface area contributed by atoms with Gasteiger partial charge in [-0.3, -0.25) is 0 Å². The SMILES string of the molecule is Oc1ccc(N(c2ccc(-c3ccc(N(c4ccccc4)c4cccc5ccccc45)cc3)cc2)c2cccc3ccccc23)cc1. The molecule has 0 amide bonds. The summed E-state index contributed by atoms with van der Waals surface area (Å²) in [5, 5.41) is 14.8. The van der Waals surface area contributed by atoms with E-state index in [0.717, 1.165) is 50.6 Å². The van der Waals surface area contributed by atoms with Crippen LogP contribution in [0.5, 0.6) is 5.75 Å². The smallest absolute Gasteiger partial charge is 0.115 e. The molecule has 0 unspecified atom stereocenters. The third-order valence-electron chi connectivity index (χ3n) is 8.72. The first-order valence-corrected chi connectivity index (χ1v) is 15.8. The number of phenols is 1. The number of phenolic OH excluding ortho intramolecular Hbond substituents is 1. The fourth-order valence-electron chi connectivity index (χ4n) is 6.45. The van der Waals surface area contributed by atoms with E-state index in [0.29, 0.717) is 0 Å². The van der Waals surface area contributed by atoms with Gasteiger partial charge < -0.3 is 14.9 Å². The second kappa shape index (κ2) is 12.2. The highest BCUT2D eigenvalue weighted by atomic mass is 16.3. The Hall–Kier alpha value is -6.32. The third kappa shape index (κ3) is 5.45. The minimum absolute atomic E-state index is 0.247. The number of fused-ring (bicyclic) bond motifs is 2. The minimum atomic E-state index is 0.247. The van der Waals surface area contributed by atoms with Crippen molar-refractivity contribution < 1.29 is 5.11 Å². The van der Waals surface area contributed by atoms with Gasteiger partial charge in [-0.05, 0) is 94.7 Å². The topological polar surface area (TPSA) is 26.7 Å². The van der Waals surface area contributed by atoms with Gasteiger partial charge in [-0.25, -0.2) is 0 Å². The molecular formula is C44H32N2O. The van der Waals surface area contributed by atoms with E-state index >= 15 is 0 Å². The zero-order chi connectivity index (χ0) is 31.6. The highest BCUT2D eigenvalue weighted by Gasteiger charge is 2.17. The van der Waals surface area contributed by atoms with Crippen molar-refractivity contribution in [3.8, 4) is 16.9 Å². The number of nitrogens with zero attached hydrogens (tertiary/aromatic N) is 2. The van der Waals surface area contributed by atoms with Crippen molar-refractivity contribution >= 4 is 55.7 Å². The monoisotopic (exact) mass is 604 g/mol. The zero-order valence-electron chi connectivity index (χ0n) is 25.7. The van der Waals surface area contributed by atoms with Gasteiger partial charge >= 0.3 is 0 Å². The highest BCUT2D eigenvalue weighted by Crippen LogP contribution is 2.41. The van der Waals surface area contributed by atoms with E-state index in [1.54, 1.807) is 12.1 Å². The summed E-state index contributed by atoms with van der Waals surface area (Å²) >= 11 is 0. The van der Waals surface area contributed by atoms with Crippen LogP contribution in [0.1, 0.15) is 0 Å². The van der Waals surface area contributed by atoms with Crippen LogP contribution in [0, 0.1) is 0 Å². The molecule has 0 aliphatic rings. The van der Waals surface area contributed by atoms with Crippen LogP contribution >= 0.6 is 0 Å². The molecule has 3 nitrogen and oxygen atoms in total. The molecule has 0 aromatic heterocycles. The van der Waals surface area contributed by atoms with Crippen LogP contribution in [0.2, 0.25) is 0 Å². The maximum atomic E-state index is 10.0. The first-order valence-electron chi connectivity index (χ1n) is 15.8. The summed E-state index contributed by atoms with van der Waals surface area (Å²) in [5.41, 5.74) is 8.75. The summed E-state index contributed by atoms with van der Waals surface area (Å²) in [6, 6.07) is 65.3. The van der Waals surface area contributed by atoms with E-state index in [2.05, 4.69) is 174 Å². The molecule has 1 N–H and O–H groups in total. The summed E-state index contributed by atoms with van der Waals surface area (Å²) in [6.45, 7) is 0. The van der Waals surface area contributed by atoms with E-state index in [9.17, 15) is 5.11 Å². The largest absolute Gasteiger partial charge is 0.508 e. The summed E-state index contributed by atoms with van der Waals surface area (Å²) in [6.07, 6.45) is 0. The molecule has 0 heterocycles. The Kier molecular flexibility index (Phi) is 7.33. The summed E-state index contributed by atoms with van der Waals surface area (Å²) in [5.74, 6) is 0.247. The predicted molar refractivity (Wildman–Crippen MR) is 198 cm³/mol. The van der Waals surface area contributed by atoms with Gasteiger partial charge in [0.15, 0.2) is 0 Å². The lowest BCUT2D eigenvalue weighted by Gasteiger charge is -2.27. The maximum Gasteiger partial charge on any atom is 0.115 e. The van der Waals surface area contributed by atoms with Gasteiger partial charge in [0.2, 0.25) is 0 Å². The molecule has 3 heteroatoms. The van der Waals surface area contributed by atoms with E-state index < -0.39 is 0 Å². The third-order valence-corrected chi connectivity index (χ3v) is 8.72. The van der Waals surface area contributed by atoms with Gasteiger partial charge in [0.05, 0.1) is 11.4 Å². The number of benzene rings is 8. The van der Waals surface area contributed by atoms with Crippen molar-refractivity contribution in [2.24, 2.45) is 0 Å². The predicted octanol–water partition coefficient (Wildman–Crippen LogP) is 12.3. The van der Waals surface area contributed by atoms with Crippen LogP contribution in [0.4, 0.5) is 34.1 Å². The number of anilines is 6. The first kappa shape index (κ1) is 28.2. The van der Waals surface area contributed by atoms with Gasteiger partial charge in [0.1, 0.15) is 5.75 Å². The fourth-order valence-corrected chi connectivity index (χ4v) is 6.45. The molecule has 47 heavy (non-hydrogen) atoms. The van der Waals surface area contributed by atoms with Crippen LogP contribution < -0.4 is 9.80 Å². The van der Waals surface area contributed by atoms with E-state index in [1.165, 1.54) is 16.2 Å². The Bertz CT molecular complexity index is 2280. The minimum Gasteiger partial charge on any atom is -0.508 e. The second-order valence-corrected chi connectivity index (χ2v) is 11.6. The lowest BCUT2D eigenvalue weighted by atomic mass is 10.0. The van der Waals surface area contributed by atoms with Crippen molar-refractivity contribution in [3.63, 3.8) is 0 Å². The zero-order valence-corrected chi connectivity index (χ0v) is 25.7. The van der Waals surface area contributed by atoms with Crippen molar-refractivity contribution in [2.45, 2.75) is 0 Å². The second-order valence-electron chi connectivity index (χ2n) is 11.6. The molecule has 0 bridgehead atoms. The molecule has 0 aliphatic heterocycles. The summed E-state index contributed by atoms with van der Waals surface area (Å²) in [7, 11) is 0. The van der Waals surface area contributed by atoms with Crippen LogP contribution in [0.15, 0.2) is 188 Å². The van der Waals surface area contributed by atoms with Gasteiger partial charge in [-0.15, -0.1) is 0 Å². The Morgan fingerprint density at radius 2 is 0.660 bits per heavy atom. The molecule has 8 rings (SSSR count). The Labute approximate surface area is 274 Å². The van der Waals surface area contributed by atoms with E-state index in [-0.39, 0.29) is 5.75 Å². The first-order chi connectivity index (χ1) is 23.2. The van der Waals surface area contributed by atoms with E-state index in [4.69, 9.17) is 0 Å². The molecule has 0 atom stereocenters. The lowest BCUT2D eigenvalue weighted by Crippen LogP contribution is -2.10. The van der Waals surface area contributed by atoms with Gasteiger partial charge in [-0.2, -0.15) is 0 Å².